The first-order valence-electron chi connectivity index (χ1n) is 27.1. The Kier molecular flexibility index (Phi) is 9.10. The van der Waals surface area contributed by atoms with Crippen molar-refractivity contribution in [3.63, 3.8) is 0 Å². The molecule has 0 radical (unpaired) electrons. The maximum Gasteiger partial charge on any atom is 0.0623 e. The SMILES string of the molecule is c1ccc(-c2c3c4ccc(N5c6ccccc6Sc6ccccc65)c5cccc(c3c(-c3ccccc3)c3c6ccc(N7c8ccccc8Sc8cc9c%10ccccc%10n(-c%10ccccc%10)c9cc87)c7cccc(c23)c76)c54)cc1. The molecule has 18 rings (SSSR count). The van der Waals surface area contributed by atoms with Crippen LogP contribution in [0.5, 0.6) is 0 Å². The molecule has 2 aliphatic heterocycles. The molecule has 0 spiro atoms. The van der Waals surface area contributed by atoms with Gasteiger partial charge in [-0.2, -0.15) is 0 Å². The number of hydrogen-bond acceptors (Lipinski definition) is 4. The van der Waals surface area contributed by atoms with Gasteiger partial charge in [0.25, 0.3) is 0 Å². The van der Waals surface area contributed by atoms with Crippen molar-refractivity contribution in [2.75, 3.05) is 9.80 Å². The Balaban J connectivity index is 0.958. The highest BCUT2D eigenvalue weighted by Gasteiger charge is 2.33. The van der Waals surface area contributed by atoms with E-state index in [9.17, 15) is 0 Å². The van der Waals surface area contributed by atoms with Crippen molar-refractivity contribution < 1.29 is 0 Å². The van der Waals surface area contributed by atoms with Crippen LogP contribution in [0.3, 0.4) is 0 Å². The summed E-state index contributed by atoms with van der Waals surface area (Å²) in [5.41, 5.74) is 15.7. The van der Waals surface area contributed by atoms with Crippen molar-refractivity contribution in [1.82, 2.24) is 4.57 Å². The molecule has 1 aromatic heterocycles. The van der Waals surface area contributed by atoms with E-state index >= 15 is 0 Å². The summed E-state index contributed by atoms with van der Waals surface area (Å²) >= 11 is 3.73. The molecule has 5 heteroatoms. The summed E-state index contributed by atoms with van der Waals surface area (Å²) in [4.78, 5) is 10.1. The fourth-order valence-electron chi connectivity index (χ4n) is 13.9. The average molecular weight is 1040 g/mol. The molecule has 79 heavy (non-hydrogen) atoms. The van der Waals surface area contributed by atoms with Crippen LogP contribution in [-0.4, -0.2) is 4.57 Å². The number of hydrogen-bond donors (Lipinski definition) is 0. The van der Waals surface area contributed by atoms with Crippen LogP contribution in [0.15, 0.2) is 280 Å². The number of nitrogens with zero attached hydrogens (tertiary/aromatic N) is 3. The van der Waals surface area contributed by atoms with E-state index in [1.165, 1.54) is 162 Å². The second-order valence-electron chi connectivity index (χ2n) is 21.0. The third kappa shape index (κ3) is 6.01. The van der Waals surface area contributed by atoms with Crippen molar-refractivity contribution in [3.05, 3.63) is 261 Å². The van der Waals surface area contributed by atoms with Gasteiger partial charge in [-0.05, 0) is 155 Å². The summed E-state index contributed by atoms with van der Waals surface area (Å²) < 4.78 is 2.44. The molecule has 0 amide bonds. The van der Waals surface area contributed by atoms with Gasteiger partial charge in [-0.15, -0.1) is 0 Å². The molecule has 0 saturated carbocycles. The van der Waals surface area contributed by atoms with E-state index in [0.29, 0.717) is 0 Å². The Morgan fingerprint density at radius 1 is 0.228 bits per heavy atom. The molecule has 3 nitrogen and oxygen atoms in total. The molecule has 366 valence electrons. The lowest BCUT2D eigenvalue weighted by Crippen LogP contribution is -2.15. The van der Waals surface area contributed by atoms with Gasteiger partial charge in [0.05, 0.1) is 45.2 Å². The monoisotopic (exact) mass is 1040 g/mol. The van der Waals surface area contributed by atoms with Crippen LogP contribution >= 0.6 is 23.5 Å². The first-order valence-corrected chi connectivity index (χ1v) is 28.7. The van der Waals surface area contributed by atoms with Crippen LogP contribution in [0.4, 0.5) is 34.1 Å². The summed E-state index contributed by atoms with van der Waals surface area (Å²) in [5, 5.41) is 17.9. The minimum absolute atomic E-state index is 1.15. The van der Waals surface area contributed by atoms with Crippen LogP contribution in [-0.2, 0) is 0 Å². The van der Waals surface area contributed by atoms with Gasteiger partial charge in [-0.3, -0.25) is 0 Å². The summed E-state index contributed by atoms with van der Waals surface area (Å²) in [7, 11) is 0. The first-order chi connectivity index (χ1) is 39.2. The van der Waals surface area contributed by atoms with E-state index in [1.54, 1.807) is 0 Å². The van der Waals surface area contributed by atoms with E-state index in [0.717, 1.165) is 5.69 Å². The van der Waals surface area contributed by atoms with Gasteiger partial charge in [0.1, 0.15) is 0 Å². The van der Waals surface area contributed by atoms with Gasteiger partial charge >= 0.3 is 0 Å². The molecule has 0 fully saturated rings. The number of fused-ring (bicyclic) bond motifs is 13. The highest BCUT2D eigenvalue weighted by Crippen LogP contribution is 2.60. The zero-order valence-electron chi connectivity index (χ0n) is 42.5. The van der Waals surface area contributed by atoms with Crippen LogP contribution in [0, 0.1) is 0 Å². The molecule has 0 bridgehead atoms. The maximum absolute atomic E-state index is 2.56. The highest BCUT2D eigenvalue weighted by atomic mass is 32.2. The predicted octanol–water partition coefficient (Wildman–Crippen LogP) is 21.8. The molecule has 15 aromatic carbocycles. The van der Waals surface area contributed by atoms with Gasteiger partial charge < -0.3 is 14.4 Å². The summed E-state index contributed by atoms with van der Waals surface area (Å²) in [6, 6.07) is 97.5. The number of rotatable bonds is 5. The largest absolute Gasteiger partial charge is 0.309 e. The van der Waals surface area contributed by atoms with E-state index in [-0.39, 0.29) is 0 Å². The van der Waals surface area contributed by atoms with Gasteiger partial charge in [0.2, 0.25) is 0 Å². The Labute approximate surface area is 463 Å². The smallest absolute Gasteiger partial charge is 0.0623 e. The number of aromatic nitrogens is 1. The van der Waals surface area contributed by atoms with E-state index in [2.05, 4.69) is 275 Å². The van der Waals surface area contributed by atoms with Crippen molar-refractivity contribution >= 4 is 144 Å². The zero-order valence-corrected chi connectivity index (χ0v) is 44.1. The Morgan fingerprint density at radius 2 is 0.633 bits per heavy atom. The molecule has 0 N–H and O–H groups in total. The van der Waals surface area contributed by atoms with Crippen molar-refractivity contribution in [2.45, 2.75) is 19.6 Å². The minimum atomic E-state index is 1.15. The topological polar surface area (TPSA) is 11.4 Å². The maximum atomic E-state index is 2.56. The first kappa shape index (κ1) is 43.6. The van der Waals surface area contributed by atoms with Gasteiger partial charge in [-0.1, -0.05) is 206 Å². The Bertz CT molecular complexity index is 5060. The zero-order chi connectivity index (χ0) is 51.4. The molecule has 3 heterocycles. The van der Waals surface area contributed by atoms with E-state index < -0.39 is 0 Å². The Morgan fingerprint density at radius 3 is 1.16 bits per heavy atom. The molecule has 2 aliphatic rings. The minimum Gasteiger partial charge on any atom is -0.309 e. The van der Waals surface area contributed by atoms with Crippen LogP contribution in [0.1, 0.15) is 0 Å². The molecular formula is C74H43N3S2. The molecule has 0 saturated heterocycles. The van der Waals surface area contributed by atoms with Crippen molar-refractivity contribution in [2.24, 2.45) is 0 Å². The van der Waals surface area contributed by atoms with Crippen LogP contribution in [0.2, 0.25) is 0 Å². The fourth-order valence-corrected chi connectivity index (χ4v) is 16.1. The second kappa shape index (κ2) is 16.5. The third-order valence-electron chi connectivity index (χ3n) is 17.0. The number of benzene rings is 13. The van der Waals surface area contributed by atoms with Crippen molar-refractivity contribution in [1.29, 1.82) is 0 Å². The normalized spacial score (nSPS) is 13.2. The summed E-state index contributed by atoms with van der Waals surface area (Å²) in [6.07, 6.45) is 0. The number of para-hydroxylation sites is 5. The number of anilines is 6. The fraction of sp³-hybridized carbons (Fsp3) is 0. The quantitative estimate of drug-likeness (QED) is 0.170. The molecule has 0 atom stereocenters. The Hall–Kier alpha value is -9.52. The predicted molar refractivity (Wildman–Crippen MR) is 337 cm³/mol. The van der Waals surface area contributed by atoms with Gasteiger partial charge in [0, 0.05) is 46.8 Å². The lowest BCUT2D eigenvalue weighted by atomic mass is 9.87. The summed E-state index contributed by atoms with van der Waals surface area (Å²) in [5.74, 6) is 0. The van der Waals surface area contributed by atoms with Crippen LogP contribution in [0.25, 0.3) is 114 Å². The van der Waals surface area contributed by atoms with Crippen LogP contribution < -0.4 is 9.80 Å². The van der Waals surface area contributed by atoms with E-state index in [1.807, 2.05) is 23.5 Å². The average Bonchev–Trinajstić information content (AvgIpc) is 2.54. The van der Waals surface area contributed by atoms with E-state index in [4.69, 9.17) is 0 Å². The second-order valence-corrected chi connectivity index (χ2v) is 23.2. The lowest BCUT2D eigenvalue weighted by molar-refractivity contribution is 1.15. The van der Waals surface area contributed by atoms with Gasteiger partial charge in [0.15, 0.2) is 0 Å². The highest BCUT2D eigenvalue weighted by molar-refractivity contribution is 8.00. The molecule has 16 aromatic rings. The molecular weight excluding hydrogens is 995 g/mol. The molecule has 0 aliphatic carbocycles. The van der Waals surface area contributed by atoms with Gasteiger partial charge in [-0.25, -0.2) is 0 Å². The summed E-state index contributed by atoms with van der Waals surface area (Å²) in [6.45, 7) is 0. The molecule has 0 unspecified atom stereocenters. The lowest BCUT2D eigenvalue weighted by Gasteiger charge is -2.34. The standard InChI is InChI=1S/C74H43N3S2/c1-4-20-44(21-5-1)67-71-50-29-18-27-48-56(76-58-32-12-15-35-63(58)78-64-36-16-13-33-59(64)76)40-38-52(69(48)50)73(71)68(45-22-6-2-7-23-45)72-51-30-19-28-49-57(41-39-53(70(49)51)74(67)72)77-60-34-14-17-37-65(60)79-66-42-54-47-26-10-11-31-55(47)75(61(54)43-62(66)77)46-24-8-3-9-25-46/h1-43H. The van der Waals surface area contributed by atoms with Crippen molar-refractivity contribution in [3.8, 4) is 27.9 Å². The third-order valence-corrected chi connectivity index (χ3v) is 19.2.